The number of aromatic hydroxyl groups is 2. The van der Waals surface area contributed by atoms with Gasteiger partial charge in [-0.05, 0) is 31.5 Å². The topological polar surface area (TPSA) is 289 Å². The summed E-state index contributed by atoms with van der Waals surface area (Å²) in [5.41, 5.74) is -1.56. The second-order valence-electron chi connectivity index (χ2n) is 13.0. The second-order valence-corrected chi connectivity index (χ2v) is 13.0. The van der Waals surface area contributed by atoms with E-state index in [-0.39, 0.29) is 29.2 Å². The van der Waals surface area contributed by atoms with Gasteiger partial charge in [0.15, 0.2) is 18.2 Å². The third kappa shape index (κ3) is 8.68. The molecule has 18 nitrogen and oxygen atoms in total. The molecule has 0 aliphatic carbocycles. The van der Waals surface area contributed by atoms with Gasteiger partial charge < -0.3 is 74.4 Å². The minimum atomic E-state index is -1.96. The highest BCUT2D eigenvalue weighted by Crippen LogP contribution is 2.43. The van der Waals surface area contributed by atoms with Gasteiger partial charge in [0.25, 0.3) is 0 Å². The molecule has 2 saturated heterocycles. The molecule has 5 rings (SSSR count). The van der Waals surface area contributed by atoms with E-state index < -0.39 is 116 Å². The molecule has 0 aromatic heterocycles. The molecule has 12 atom stereocenters. The van der Waals surface area contributed by atoms with Crippen molar-refractivity contribution < 1.29 is 88.8 Å². The van der Waals surface area contributed by atoms with Gasteiger partial charge in [-0.15, -0.1) is 0 Å². The summed E-state index contributed by atoms with van der Waals surface area (Å²) in [6, 6.07) is 8.23. The van der Waals surface area contributed by atoms with Crippen LogP contribution in [-0.4, -0.2) is 137 Å². The van der Waals surface area contributed by atoms with Crippen LogP contribution in [0.2, 0.25) is 0 Å². The van der Waals surface area contributed by atoms with Crippen molar-refractivity contribution in [3.63, 3.8) is 0 Å². The van der Waals surface area contributed by atoms with Gasteiger partial charge in [0.1, 0.15) is 77.9 Å². The number of phenolic OH excluding ortho intramolecular Hbond substituents is 2. The zero-order valence-electron chi connectivity index (χ0n) is 27.3. The van der Waals surface area contributed by atoms with E-state index in [1.165, 1.54) is 25.1 Å². The van der Waals surface area contributed by atoms with Crippen LogP contribution in [0.25, 0.3) is 0 Å². The highest BCUT2D eigenvalue weighted by atomic mass is 16.8. The SMILES string of the molecule is CC1OC(OC2C(Oc3cc(O)c4c(c3)OC(c3ccc(O)cc3)CC4=O)OC(COC(=O)CC(C)(O)CC(=O)O)C(O)C2O)C(O)C(O)C1O. The maximum absolute atomic E-state index is 13.0. The molecule has 3 heterocycles. The van der Waals surface area contributed by atoms with Crippen LogP contribution >= 0.6 is 0 Å². The van der Waals surface area contributed by atoms with Crippen LogP contribution in [-0.2, 0) is 28.5 Å². The zero-order chi connectivity index (χ0) is 37.4. The lowest BCUT2D eigenvalue weighted by Gasteiger charge is -2.45. The molecule has 0 amide bonds. The number of esters is 1. The minimum Gasteiger partial charge on any atom is -0.508 e. The van der Waals surface area contributed by atoms with Crippen molar-refractivity contribution in [1.82, 2.24) is 0 Å². The van der Waals surface area contributed by atoms with E-state index in [0.717, 1.165) is 13.0 Å². The van der Waals surface area contributed by atoms with E-state index in [4.69, 9.17) is 33.5 Å². The summed E-state index contributed by atoms with van der Waals surface area (Å²) in [6.45, 7) is 1.76. The van der Waals surface area contributed by atoms with E-state index in [1.807, 2.05) is 0 Å². The molecule has 2 aromatic rings. The largest absolute Gasteiger partial charge is 0.508 e. The third-order valence-corrected chi connectivity index (χ3v) is 8.70. The molecule has 12 unspecified atom stereocenters. The van der Waals surface area contributed by atoms with Gasteiger partial charge in [-0.1, -0.05) is 12.1 Å². The number of hydrogen-bond acceptors (Lipinski definition) is 17. The van der Waals surface area contributed by atoms with Crippen molar-refractivity contribution >= 4 is 17.7 Å². The average molecular weight is 725 g/mol. The van der Waals surface area contributed by atoms with Crippen molar-refractivity contribution in [2.24, 2.45) is 0 Å². The van der Waals surface area contributed by atoms with Gasteiger partial charge in [0.05, 0.1) is 31.0 Å². The van der Waals surface area contributed by atoms with Gasteiger partial charge >= 0.3 is 11.9 Å². The number of Topliss-reactive ketones (excluding diaryl/α,β-unsaturated/α-hetero) is 1. The third-order valence-electron chi connectivity index (χ3n) is 8.70. The number of benzene rings is 2. The number of aliphatic hydroxyl groups is 6. The Morgan fingerprint density at radius 1 is 0.902 bits per heavy atom. The highest BCUT2D eigenvalue weighted by Gasteiger charge is 2.51. The van der Waals surface area contributed by atoms with E-state index in [2.05, 4.69) is 0 Å². The maximum atomic E-state index is 13.0. The molecule has 3 aliphatic rings. The molecule has 2 fully saturated rings. The lowest BCUT2D eigenvalue weighted by molar-refractivity contribution is -0.354. The first-order valence-electron chi connectivity index (χ1n) is 15.9. The Bertz CT molecular complexity index is 1580. The quantitative estimate of drug-likeness (QED) is 0.126. The molecule has 51 heavy (non-hydrogen) atoms. The number of rotatable bonds is 11. The first-order chi connectivity index (χ1) is 23.9. The molecule has 280 valence electrons. The van der Waals surface area contributed by atoms with Crippen molar-refractivity contribution in [3.8, 4) is 23.0 Å². The maximum Gasteiger partial charge on any atom is 0.308 e. The summed E-state index contributed by atoms with van der Waals surface area (Å²) in [7, 11) is 0. The number of ketones is 1. The van der Waals surface area contributed by atoms with Gasteiger partial charge in [-0.25, -0.2) is 0 Å². The Balaban J connectivity index is 1.39. The molecule has 0 radical (unpaired) electrons. The van der Waals surface area contributed by atoms with Crippen LogP contribution in [0.15, 0.2) is 36.4 Å². The van der Waals surface area contributed by atoms with Gasteiger partial charge in [0.2, 0.25) is 6.29 Å². The Morgan fingerprint density at radius 3 is 2.25 bits per heavy atom. The fourth-order valence-corrected chi connectivity index (χ4v) is 5.98. The number of carboxylic acid groups (broad SMARTS) is 1. The van der Waals surface area contributed by atoms with E-state index >= 15 is 0 Å². The van der Waals surface area contributed by atoms with E-state index in [9.17, 15) is 55.2 Å². The Labute approximate surface area is 289 Å². The van der Waals surface area contributed by atoms with Gasteiger partial charge in [0, 0.05) is 12.1 Å². The number of fused-ring (bicyclic) bond motifs is 1. The number of carbonyl (C=O) groups is 3. The van der Waals surface area contributed by atoms with Gasteiger partial charge in [-0.2, -0.15) is 0 Å². The summed E-state index contributed by atoms with van der Waals surface area (Å²) < 4.78 is 34.1. The van der Waals surface area contributed by atoms with Gasteiger partial charge in [-0.3, -0.25) is 14.4 Å². The zero-order valence-corrected chi connectivity index (χ0v) is 27.3. The number of aliphatic hydroxyl groups excluding tert-OH is 5. The molecule has 0 spiro atoms. The second kappa shape index (κ2) is 15.2. The van der Waals surface area contributed by atoms with Crippen molar-refractivity contribution in [2.75, 3.05) is 6.61 Å². The number of hydrogen-bond donors (Lipinski definition) is 9. The normalized spacial score (nSPS) is 33.3. The average Bonchev–Trinajstić information content (AvgIpc) is 3.04. The predicted octanol–water partition coefficient (Wildman–Crippen LogP) is -0.998. The summed E-state index contributed by atoms with van der Waals surface area (Å²) in [4.78, 5) is 36.5. The summed E-state index contributed by atoms with van der Waals surface area (Å²) >= 11 is 0. The van der Waals surface area contributed by atoms with E-state index in [1.54, 1.807) is 12.1 Å². The fraction of sp³-hybridized carbons (Fsp3) is 0.545. The summed E-state index contributed by atoms with van der Waals surface area (Å²) in [6.07, 6.45) is -19.1. The minimum absolute atomic E-state index is 0.00408. The summed E-state index contributed by atoms with van der Waals surface area (Å²) in [5.74, 6) is -3.74. The van der Waals surface area contributed by atoms with Crippen LogP contribution < -0.4 is 9.47 Å². The molecule has 9 N–H and O–H groups in total. The number of aliphatic carboxylic acids is 1. The van der Waals surface area contributed by atoms with Crippen LogP contribution in [0.5, 0.6) is 23.0 Å². The molecular weight excluding hydrogens is 684 g/mol. The number of carboxylic acids is 1. The van der Waals surface area contributed by atoms with E-state index in [0.29, 0.717) is 5.56 Å². The fourth-order valence-electron chi connectivity index (χ4n) is 5.98. The molecule has 2 aromatic carbocycles. The van der Waals surface area contributed by atoms with Crippen molar-refractivity contribution in [3.05, 3.63) is 47.5 Å². The number of ether oxygens (including phenoxy) is 6. The smallest absolute Gasteiger partial charge is 0.308 e. The Kier molecular flexibility index (Phi) is 11.4. The molecule has 3 aliphatic heterocycles. The predicted molar refractivity (Wildman–Crippen MR) is 166 cm³/mol. The lowest BCUT2D eigenvalue weighted by Crippen LogP contribution is -2.64. The van der Waals surface area contributed by atoms with Crippen molar-refractivity contribution in [1.29, 1.82) is 0 Å². The molecular formula is C33H40O18. The standard InChI is InChI=1S/C33H40O18/c1-13-25(40)27(42)29(44)31(47-13)51-30-28(43)26(41)21(12-46-23(39)11-33(2,45)10-22(37)38)50-32(30)48-16-7-17(35)24-18(36)9-19(49-20(24)8-16)14-3-5-15(34)6-4-14/h3-8,13,19,21,25-32,34-35,40-45H,9-12H2,1-2H3,(H,37,38). The lowest BCUT2D eigenvalue weighted by atomic mass is 9.95. The molecule has 18 heteroatoms. The van der Waals surface area contributed by atoms with Crippen LogP contribution in [0.1, 0.15) is 55.1 Å². The van der Waals surface area contributed by atoms with Crippen molar-refractivity contribution in [2.45, 2.75) is 106 Å². The van der Waals surface area contributed by atoms with Crippen LogP contribution in [0.4, 0.5) is 0 Å². The molecule has 0 bridgehead atoms. The highest BCUT2D eigenvalue weighted by molar-refractivity contribution is 6.02. The first-order valence-corrected chi connectivity index (χ1v) is 15.9. The Hall–Kier alpha value is -4.11. The number of carbonyl (C=O) groups excluding carboxylic acids is 2. The van der Waals surface area contributed by atoms with Crippen LogP contribution in [0, 0.1) is 0 Å². The Morgan fingerprint density at radius 2 is 1.59 bits per heavy atom. The monoisotopic (exact) mass is 724 g/mol. The summed E-state index contributed by atoms with van der Waals surface area (Å²) in [5, 5.41) is 92.7. The first kappa shape index (κ1) is 38.1. The van der Waals surface area contributed by atoms with Crippen LogP contribution in [0.3, 0.4) is 0 Å². The molecule has 0 saturated carbocycles. The number of phenols is 2.